The van der Waals surface area contributed by atoms with Gasteiger partial charge in [0, 0.05) is 19.5 Å². The fraction of sp³-hybridized carbons (Fsp3) is 0.818. The van der Waals surface area contributed by atoms with Crippen molar-refractivity contribution in [2.45, 2.75) is 58.0 Å². The number of rotatable bonds is 6. The van der Waals surface area contributed by atoms with Crippen LogP contribution in [0.2, 0.25) is 0 Å². The van der Waals surface area contributed by atoms with Gasteiger partial charge in [-0.05, 0) is 57.3 Å². The van der Waals surface area contributed by atoms with Crippen LogP contribution < -0.4 is 0 Å². The van der Waals surface area contributed by atoms with Crippen LogP contribution in [0.1, 0.15) is 46.0 Å². The van der Waals surface area contributed by atoms with Crippen LogP contribution in [0.3, 0.4) is 0 Å². The molecule has 4 unspecified atom stereocenters. The summed E-state index contributed by atoms with van der Waals surface area (Å²) in [6, 6.07) is -1.12. The highest BCUT2D eigenvalue weighted by atomic mass is 16.6. The summed E-state index contributed by atoms with van der Waals surface area (Å²) in [5.74, 6) is 0.282. The van der Waals surface area contributed by atoms with E-state index in [0.29, 0.717) is 38.0 Å². The molecular weight excluding hydrogens is 404 g/mol. The smallest absolute Gasteiger partial charge is 0.410 e. The van der Waals surface area contributed by atoms with Crippen molar-refractivity contribution < 1.29 is 33.4 Å². The number of esters is 2. The van der Waals surface area contributed by atoms with Crippen molar-refractivity contribution in [3.05, 3.63) is 0 Å². The van der Waals surface area contributed by atoms with Crippen molar-refractivity contribution in [3.8, 4) is 0 Å². The van der Waals surface area contributed by atoms with Gasteiger partial charge < -0.3 is 14.2 Å². The number of nitrogens with zero attached hydrogens (tertiary/aromatic N) is 2. The van der Waals surface area contributed by atoms with Crippen LogP contribution in [0.15, 0.2) is 0 Å². The Bertz CT molecular complexity index is 697. The molecule has 0 aromatic heterocycles. The fourth-order valence-corrected chi connectivity index (χ4v) is 5.43. The Balaban J connectivity index is 1.65. The van der Waals surface area contributed by atoms with Gasteiger partial charge in [-0.2, -0.15) is 0 Å². The Kier molecular flexibility index (Phi) is 7.91. The highest BCUT2D eigenvalue weighted by molar-refractivity contribution is 5.91. The summed E-state index contributed by atoms with van der Waals surface area (Å²) in [6.07, 6.45) is 3.07. The van der Waals surface area contributed by atoms with Gasteiger partial charge in [-0.1, -0.05) is 0 Å². The number of ketones is 1. The Morgan fingerprint density at radius 1 is 0.968 bits per heavy atom. The van der Waals surface area contributed by atoms with E-state index in [0.717, 1.165) is 19.3 Å². The number of carbonyl (C=O) groups excluding carboxylic acids is 4. The number of amides is 1. The normalized spacial score (nSPS) is 31.1. The number of carbonyl (C=O) groups is 4. The van der Waals surface area contributed by atoms with Crippen molar-refractivity contribution in [2.75, 3.05) is 40.0 Å². The molecule has 0 radical (unpaired) electrons. The molecule has 1 aliphatic carbocycles. The lowest BCUT2D eigenvalue weighted by atomic mass is 9.69. The Hall–Kier alpha value is -2.16. The van der Waals surface area contributed by atoms with Crippen molar-refractivity contribution in [1.82, 2.24) is 9.80 Å². The lowest BCUT2D eigenvalue weighted by Gasteiger charge is -2.46. The maximum absolute atomic E-state index is 12.5. The Morgan fingerprint density at radius 2 is 1.65 bits per heavy atom. The molecule has 0 aromatic rings. The molecule has 0 aromatic carbocycles. The third-order valence-corrected chi connectivity index (χ3v) is 6.84. The number of likely N-dealkylation sites (tertiary alicyclic amines) is 2. The zero-order valence-corrected chi connectivity index (χ0v) is 18.7. The minimum Gasteiger partial charge on any atom is -0.465 e. The Morgan fingerprint density at radius 3 is 2.29 bits per heavy atom. The van der Waals surface area contributed by atoms with Gasteiger partial charge in [0.1, 0.15) is 17.9 Å². The number of hydrogen-bond acceptors (Lipinski definition) is 8. The molecule has 0 bridgehead atoms. The first kappa shape index (κ1) is 23.5. The third-order valence-electron chi connectivity index (χ3n) is 6.84. The molecule has 3 fully saturated rings. The van der Waals surface area contributed by atoms with Crippen LogP contribution in [0.25, 0.3) is 0 Å². The number of hydrogen-bond donors (Lipinski definition) is 0. The van der Waals surface area contributed by atoms with Gasteiger partial charge in [-0.3, -0.25) is 19.4 Å². The summed E-state index contributed by atoms with van der Waals surface area (Å²) >= 11 is 0. The molecule has 2 heterocycles. The molecule has 3 aliphatic rings. The third kappa shape index (κ3) is 5.37. The molecular formula is C22H34N2O7. The second-order valence-corrected chi connectivity index (χ2v) is 8.77. The molecule has 9 nitrogen and oxygen atoms in total. The van der Waals surface area contributed by atoms with Gasteiger partial charge >= 0.3 is 18.0 Å². The summed E-state index contributed by atoms with van der Waals surface area (Å²) in [5.41, 5.74) is 0. The van der Waals surface area contributed by atoms with Gasteiger partial charge in [0.25, 0.3) is 0 Å². The first-order chi connectivity index (χ1) is 14.9. The van der Waals surface area contributed by atoms with Crippen LogP contribution in [-0.4, -0.2) is 85.7 Å². The maximum Gasteiger partial charge on any atom is 0.410 e. The number of piperidine rings is 1. The quantitative estimate of drug-likeness (QED) is 0.455. The van der Waals surface area contributed by atoms with Gasteiger partial charge in [0.15, 0.2) is 0 Å². The number of fused-ring (bicyclic) bond motifs is 1. The second-order valence-electron chi connectivity index (χ2n) is 8.77. The number of ether oxygens (including phenoxy) is 3. The van der Waals surface area contributed by atoms with Crippen molar-refractivity contribution in [2.24, 2.45) is 17.8 Å². The first-order valence-corrected chi connectivity index (χ1v) is 11.3. The summed E-state index contributed by atoms with van der Waals surface area (Å²) < 4.78 is 15.3. The molecule has 9 heteroatoms. The van der Waals surface area contributed by atoms with Crippen molar-refractivity contribution in [1.29, 1.82) is 0 Å². The highest BCUT2D eigenvalue weighted by Crippen LogP contribution is 2.42. The highest BCUT2D eigenvalue weighted by Gasteiger charge is 2.46. The van der Waals surface area contributed by atoms with E-state index in [4.69, 9.17) is 14.2 Å². The van der Waals surface area contributed by atoms with E-state index in [1.54, 1.807) is 13.8 Å². The Labute approximate surface area is 183 Å². The zero-order valence-electron chi connectivity index (χ0n) is 18.7. The van der Waals surface area contributed by atoms with Crippen LogP contribution >= 0.6 is 0 Å². The molecule has 1 amide bonds. The minimum absolute atomic E-state index is 0.0699. The molecule has 3 rings (SSSR count). The molecule has 0 spiro atoms. The van der Waals surface area contributed by atoms with E-state index in [-0.39, 0.29) is 43.2 Å². The van der Waals surface area contributed by atoms with E-state index in [1.807, 2.05) is 4.90 Å². The summed E-state index contributed by atoms with van der Waals surface area (Å²) in [4.78, 5) is 52.5. The second kappa shape index (κ2) is 10.4. The van der Waals surface area contributed by atoms with Crippen LogP contribution in [-0.2, 0) is 28.6 Å². The largest absolute Gasteiger partial charge is 0.465 e. The van der Waals surface area contributed by atoms with E-state index >= 15 is 0 Å². The minimum atomic E-state index is -0.631. The van der Waals surface area contributed by atoms with Crippen LogP contribution in [0, 0.1) is 17.8 Å². The first-order valence-electron chi connectivity index (χ1n) is 11.3. The van der Waals surface area contributed by atoms with E-state index < -0.39 is 18.2 Å². The topological polar surface area (TPSA) is 102 Å². The molecule has 0 N–H and O–H groups in total. The van der Waals surface area contributed by atoms with E-state index in [2.05, 4.69) is 0 Å². The average Bonchev–Trinajstić information content (AvgIpc) is 3.12. The summed E-state index contributed by atoms with van der Waals surface area (Å²) in [6.45, 7) is 5.52. The average molecular weight is 439 g/mol. The van der Waals surface area contributed by atoms with Gasteiger partial charge in [0.05, 0.1) is 26.9 Å². The maximum atomic E-state index is 12.5. The lowest BCUT2D eigenvalue weighted by molar-refractivity contribution is -0.153. The molecule has 174 valence electrons. The predicted molar refractivity (Wildman–Crippen MR) is 110 cm³/mol. The van der Waals surface area contributed by atoms with Crippen molar-refractivity contribution >= 4 is 23.8 Å². The van der Waals surface area contributed by atoms with E-state index in [1.165, 1.54) is 12.0 Å². The molecule has 31 heavy (non-hydrogen) atoms. The monoisotopic (exact) mass is 438 g/mol. The van der Waals surface area contributed by atoms with Gasteiger partial charge in [-0.25, -0.2) is 9.59 Å². The molecule has 2 saturated heterocycles. The number of Topliss-reactive ketones (excluding diaryl/α,β-unsaturated/α-hetero) is 1. The lowest BCUT2D eigenvalue weighted by Crippen LogP contribution is -2.55. The van der Waals surface area contributed by atoms with Crippen LogP contribution in [0.4, 0.5) is 4.79 Å². The zero-order chi connectivity index (χ0) is 22.5. The molecule has 1 saturated carbocycles. The van der Waals surface area contributed by atoms with Crippen LogP contribution in [0.5, 0.6) is 0 Å². The SMILES string of the molecule is CCOC(=O)C1CC2CC(CN3CC(=O)C[C@H]3C(=O)OCC)CCC2CN1C(=O)OC. The molecule has 2 aliphatic heterocycles. The van der Waals surface area contributed by atoms with Crippen molar-refractivity contribution in [3.63, 3.8) is 0 Å². The predicted octanol–water partition coefficient (Wildman–Crippen LogP) is 1.63. The standard InChI is InChI=1S/C22H34N2O7/c1-4-30-20(26)18-10-17(25)13-23(18)11-14-6-7-15-12-24(22(28)29-3)19(9-16(15)8-14)21(27)31-5-2/h14-16,18-19H,4-13H2,1-3H3/t14?,15?,16?,18-,19?/m0/s1. The fourth-order valence-electron chi connectivity index (χ4n) is 5.43. The summed E-state index contributed by atoms with van der Waals surface area (Å²) in [5, 5.41) is 0. The van der Waals surface area contributed by atoms with Gasteiger partial charge in [0.2, 0.25) is 0 Å². The van der Waals surface area contributed by atoms with E-state index in [9.17, 15) is 19.2 Å². The number of methoxy groups -OCH3 is 1. The summed E-state index contributed by atoms with van der Waals surface area (Å²) in [7, 11) is 1.32. The van der Waals surface area contributed by atoms with Gasteiger partial charge in [-0.15, -0.1) is 0 Å². The molecule has 5 atom stereocenters.